The van der Waals surface area contributed by atoms with Crippen molar-refractivity contribution in [3.05, 3.63) is 0 Å². The van der Waals surface area contributed by atoms with Gasteiger partial charge in [0.15, 0.2) is 0 Å². The second kappa shape index (κ2) is 3.95. The molecule has 76 valence electrons. The lowest BCUT2D eigenvalue weighted by Gasteiger charge is -2.35. The summed E-state index contributed by atoms with van der Waals surface area (Å²) in [6.45, 7) is 5.79. The second-order valence-electron chi connectivity index (χ2n) is 4.41. The van der Waals surface area contributed by atoms with Crippen molar-refractivity contribution in [1.29, 1.82) is 0 Å². The van der Waals surface area contributed by atoms with Gasteiger partial charge in [0.25, 0.3) is 0 Å². The molecule has 0 aromatic heterocycles. The third kappa shape index (κ3) is 2.03. The van der Waals surface area contributed by atoms with E-state index in [1.165, 1.54) is 12.8 Å². The summed E-state index contributed by atoms with van der Waals surface area (Å²) in [4.78, 5) is 2.39. The van der Waals surface area contributed by atoms with E-state index in [1.54, 1.807) is 0 Å². The fraction of sp³-hybridized carbons (Fsp3) is 1.00. The summed E-state index contributed by atoms with van der Waals surface area (Å²) in [6.07, 6.45) is 2.34. The highest BCUT2D eigenvalue weighted by Gasteiger charge is 2.33. The molecule has 0 saturated carbocycles. The van der Waals surface area contributed by atoms with E-state index >= 15 is 0 Å². The van der Waals surface area contributed by atoms with E-state index in [0.29, 0.717) is 13.2 Å². The van der Waals surface area contributed by atoms with Gasteiger partial charge in [-0.05, 0) is 25.3 Å². The highest BCUT2D eigenvalue weighted by Crippen LogP contribution is 2.21. The first-order chi connectivity index (χ1) is 6.27. The second-order valence-corrected chi connectivity index (χ2v) is 4.41. The lowest BCUT2D eigenvalue weighted by molar-refractivity contribution is 0.0566. The quantitative estimate of drug-likeness (QED) is 0.645. The van der Waals surface area contributed by atoms with Gasteiger partial charge in [-0.25, -0.2) is 0 Å². The maximum absolute atomic E-state index is 9.66. The summed E-state index contributed by atoms with van der Waals surface area (Å²) in [5, 5.41) is 9.66. The Balaban J connectivity index is 1.91. The standard InChI is InChI=1S/C10H19NO2/c1-8-3-2-4-11(5-8)9-6-13-7-10(9)12/h8-10,12H,2-7H2,1H3/t8-,9?,10+/m0/s1. The highest BCUT2D eigenvalue weighted by atomic mass is 16.5. The number of rotatable bonds is 1. The zero-order valence-electron chi connectivity index (χ0n) is 8.28. The van der Waals surface area contributed by atoms with Gasteiger partial charge in [-0.3, -0.25) is 4.90 Å². The van der Waals surface area contributed by atoms with E-state index < -0.39 is 0 Å². The van der Waals surface area contributed by atoms with Crippen LogP contribution in [0.2, 0.25) is 0 Å². The average molecular weight is 185 g/mol. The summed E-state index contributed by atoms with van der Waals surface area (Å²) in [7, 11) is 0. The van der Waals surface area contributed by atoms with Crippen molar-refractivity contribution in [3.63, 3.8) is 0 Å². The Labute approximate surface area is 79.7 Å². The molecule has 2 aliphatic rings. The molecule has 1 unspecified atom stereocenters. The summed E-state index contributed by atoms with van der Waals surface area (Å²) >= 11 is 0. The molecule has 0 amide bonds. The Hall–Kier alpha value is -0.120. The van der Waals surface area contributed by atoms with E-state index in [-0.39, 0.29) is 12.1 Å². The minimum Gasteiger partial charge on any atom is -0.389 e. The maximum atomic E-state index is 9.66. The van der Waals surface area contributed by atoms with Crippen LogP contribution in [0.25, 0.3) is 0 Å². The van der Waals surface area contributed by atoms with Crippen molar-refractivity contribution >= 4 is 0 Å². The minimum absolute atomic E-state index is 0.259. The molecular formula is C10H19NO2. The molecule has 2 aliphatic heterocycles. The van der Waals surface area contributed by atoms with E-state index in [2.05, 4.69) is 11.8 Å². The van der Waals surface area contributed by atoms with Crippen LogP contribution in [0, 0.1) is 5.92 Å². The van der Waals surface area contributed by atoms with Crippen LogP contribution in [-0.2, 0) is 4.74 Å². The highest BCUT2D eigenvalue weighted by molar-refractivity contribution is 4.86. The number of hydrogen-bond acceptors (Lipinski definition) is 3. The maximum Gasteiger partial charge on any atom is 0.0950 e. The third-order valence-electron chi connectivity index (χ3n) is 3.18. The fourth-order valence-electron chi connectivity index (χ4n) is 2.41. The molecule has 2 rings (SSSR count). The van der Waals surface area contributed by atoms with Crippen molar-refractivity contribution in [3.8, 4) is 0 Å². The van der Waals surface area contributed by atoms with Crippen LogP contribution < -0.4 is 0 Å². The third-order valence-corrected chi connectivity index (χ3v) is 3.18. The summed E-state index contributed by atoms with van der Waals surface area (Å²) in [5.41, 5.74) is 0. The molecule has 0 aliphatic carbocycles. The van der Waals surface area contributed by atoms with Crippen LogP contribution in [-0.4, -0.2) is 48.5 Å². The Morgan fingerprint density at radius 3 is 2.85 bits per heavy atom. The molecule has 0 bridgehead atoms. The topological polar surface area (TPSA) is 32.7 Å². The number of nitrogens with zero attached hydrogens (tertiary/aromatic N) is 1. The first-order valence-corrected chi connectivity index (χ1v) is 5.27. The molecule has 3 nitrogen and oxygen atoms in total. The van der Waals surface area contributed by atoms with Gasteiger partial charge < -0.3 is 9.84 Å². The lowest BCUT2D eigenvalue weighted by Crippen LogP contribution is -2.47. The van der Waals surface area contributed by atoms with Crippen LogP contribution in [0.15, 0.2) is 0 Å². The van der Waals surface area contributed by atoms with E-state index in [1.807, 2.05) is 0 Å². The van der Waals surface area contributed by atoms with Crippen molar-refractivity contribution in [1.82, 2.24) is 4.90 Å². The molecule has 1 N–H and O–H groups in total. The van der Waals surface area contributed by atoms with E-state index in [4.69, 9.17) is 4.74 Å². The summed E-state index contributed by atoms with van der Waals surface area (Å²) in [6, 6.07) is 0.266. The number of piperidine rings is 1. The van der Waals surface area contributed by atoms with Gasteiger partial charge in [0.1, 0.15) is 0 Å². The van der Waals surface area contributed by atoms with Crippen LogP contribution in [0.4, 0.5) is 0 Å². The van der Waals surface area contributed by atoms with Gasteiger partial charge in [-0.1, -0.05) is 6.92 Å². The van der Waals surface area contributed by atoms with Crippen LogP contribution >= 0.6 is 0 Å². The molecule has 3 atom stereocenters. The summed E-state index contributed by atoms with van der Waals surface area (Å²) < 4.78 is 5.27. The Morgan fingerprint density at radius 2 is 2.23 bits per heavy atom. The van der Waals surface area contributed by atoms with Gasteiger partial charge in [-0.2, -0.15) is 0 Å². The first kappa shape index (κ1) is 9.44. The normalized spacial score (nSPS) is 42.5. The average Bonchev–Trinajstić information content (AvgIpc) is 2.51. The van der Waals surface area contributed by atoms with Crippen molar-refractivity contribution in [2.75, 3.05) is 26.3 Å². The smallest absolute Gasteiger partial charge is 0.0950 e. The molecule has 2 fully saturated rings. The molecule has 2 heterocycles. The number of likely N-dealkylation sites (tertiary alicyclic amines) is 1. The van der Waals surface area contributed by atoms with Gasteiger partial charge in [-0.15, -0.1) is 0 Å². The van der Waals surface area contributed by atoms with E-state index in [9.17, 15) is 5.11 Å². The zero-order valence-corrected chi connectivity index (χ0v) is 8.28. The van der Waals surface area contributed by atoms with Crippen LogP contribution in [0.1, 0.15) is 19.8 Å². The van der Waals surface area contributed by atoms with Crippen molar-refractivity contribution in [2.24, 2.45) is 5.92 Å². The van der Waals surface area contributed by atoms with Crippen molar-refractivity contribution in [2.45, 2.75) is 31.9 Å². The van der Waals surface area contributed by atoms with Gasteiger partial charge in [0, 0.05) is 6.54 Å². The van der Waals surface area contributed by atoms with Crippen molar-refractivity contribution < 1.29 is 9.84 Å². The largest absolute Gasteiger partial charge is 0.389 e. The van der Waals surface area contributed by atoms with Gasteiger partial charge in [0.05, 0.1) is 25.4 Å². The summed E-state index contributed by atoms with van der Waals surface area (Å²) in [5.74, 6) is 0.779. The molecule has 0 spiro atoms. The molecule has 2 saturated heterocycles. The fourth-order valence-corrected chi connectivity index (χ4v) is 2.41. The zero-order chi connectivity index (χ0) is 9.26. The first-order valence-electron chi connectivity index (χ1n) is 5.27. The monoisotopic (exact) mass is 185 g/mol. The number of hydrogen-bond donors (Lipinski definition) is 1. The molecule has 13 heavy (non-hydrogen) atoms. The molecule has 3 heteroatoms. The van der Waals surface area contributed by atoms with Crippen LogP contribution in [0.5, 0.6) is 0 Å². The Morgan fingerprint density at radius 1 is 1.38 bits per heavy atom. The predicted octanol–water partition coefficient (Wildman–Crippen LogP) is 0.478. The molecule has 0 aromatic carbocycles. The Bertz CT molecular complexity index is 174. The van der Waals surface area contributed by atoms with E-state index in [0.717, 1.165) is 19.0 Å². The van der Waals surface area contributed by atoms with Gasteiger partial charge >= 0.3 is 0 Å². The lowest BCUT2D eigenvalue weighted by atomic mass is 9.98. The molecule has 0 aromatic rings. The predicted molar refractivity (Wildman–Crippen MR) is 50.6 cm³/mol. The molecule has 0 radical (unpaired) electrons. The number of ether oxygens (including phenoxy) is 1. The SMILES string of the molecule is C[C@H]1CCCN(C2COC[C@H]2O)C1. The van der Waals surface area contributed by atoms with Crippen LogP contribution in [0.3, 0.4) is 0 Å². The number of aliphatic hydroxyl groups excluding tert-OH is 1. The minimum atomic E-state index is -0.259. The Kier molecular flexibility index (Phi) is 2.86. The van der Waals surface area contributed by atoms with Gasteiger partial charge in [0.2, 0.25) is 0 Å². The number of aliphatic hydroxyl groups is 1. The molecular weight excluding hydrogens is 166 g/mol.